The van der Waals surface area contributed by atoms with Gasteiger partial charge in [-0.25, -0.2) is 0 Å². The number of hydrogen-bond acceptors (Lipinski definition) is 5. The number of amides is 1. The van der Waals surface area contributed by atoms with Crippen molar-refractivity contribution in [3.63, 3.8) is 0 Å². The molecule has 1 amide bonds. The maximum absolute atomic E-state index is 12.5. The Morgan fingerprint density at radius 3 is 3.05 bits per heavy atom. The third-order valence-electron chi connectivity index (χ3n) is 3.63. The van der Waals surface area contributed by atoms with Crippen LogP contribution >= 0.6 is 0 Å². The standard InChI is InChI=1S/C14H17N5O2/c1-10(13-7-4-8-21-13)16-14(20)11-5-2-3-6-12(11)19-9-15-17-18-19/h2-3,5-6,9-10,13H,4,7-8H2,1H3,(H,16,20)/t10-,13+/m1/s1. The predicted molar refractivity (Wildman–Crippen MR) is 75.1 cm³/mol. The molecule has 0 saturated carbocycles. The van der Waals surface area contributed by atoms with Crippen LogP contribution in [0.4, 0.5) is 0 Å². The molecule has 1 aliphatic rings. The van der Waals surface area contributed by atoms with Crippen molar-refractivity contribution in [3.05, 3.63) is 36.2 Å². The number of ether oxygens (including phenoxy) is 1. The first-order valence-electron chi connectivity index (χ1n) is 7.00. The van der Waals surface area contributed by atoms with Crippen LogP contribution in [0.15, 0.2) is 30.6 Å². The summed E-state index contributed by atoms with van der Waals surface area (Å²) in [5, 5.41) is 14.0. The summed E-state index contributed by atoms with van der Waals surface area (Å²) < 4.78 is 7.08. The average Bonchev–Trinajstić information content (AvgIpc) is 3.20. The SMILES string of the molecule is C[C@@H](NC(=O)c1ccccc1-n1cnnn1)[C@@H]1CCCO1. The van der Waals surface area contributed by atoms with Crippen LogP contribution in [0.5, 0.6) is 0 Å². The van der Waals surface area contributed by atoms with Crippen LogP contribution in [0.25, 0.3) is 5.69 Å². The highest BCUT2D eigenvalue weighted by Crippen LogP contribution is 2.17. The van der Waals surface area contributed by atoms with Gasteiger partial charge in [0.25, 0.3) is 5.91 Å². The molecular formula is C14H17N5O2. The highest BCUT2D eigenvalue weighted by Gasteiger charge is 2.24. The third-order valence-corrected chi connectivity index (χ3v) is 3.63. The fraction of sp³-hybridized carbons (Fsp3) is 0.429. The van der Waals surface area contributed by atoms with E-state index in [1.165, 1.54) is 11.0 Å². The van der Waals surface area contributed by atoms with E-state index in [0.29, 0.717) is 11.3 Å². The van der Waals surface area contributed by atoms with Crippen molar-refractivity contribution in [1.29, 1.82) is 0 Å². The van der Waals surface area contributed by atoms with Crippen molar-refractivity contribution in [2.24, 2.45) is 0 Å². The first kappa shape index (κ1) is 13.7. The first-order chi connectivity index (χ1) is 10.3. The lowest BCUT2D eigenvalue weighted by Crippen LogP contribution is -2.41. The number of aromatic nitrogens is 4. The van der Waals surface area contributed by atoms with Crippen LogP contribution in [0, 0.1) is 0 Å². The molecule has 0 unspecified atom stereocenters. The Kier molecular flexibility index (Phi) is 3.92. The molecular weight excluding hydrogens is 270 g/mol. The topological polar surface area (TPSA) is 81.9 Å². The van der Waals surface area contributed by atoms with Gasteiger partial charge in [-0.1, -0.05) is 12.1 Å². The molecule has 0 radical (unpaired) electrons. The summed E-state index contributed by atoms with van der Waals surface area (Å²) in [4.78, 5) is 12.5. The Balaban J connectivity index is 1.78. The highest BCUT2D eigenvalue weighted by molar-refractivity contribution is 5.97. The quantitative estimate of drug-likeness (QED) is 0.905. The van der Waals surface area contributed by atoms with E-state index in [4.69, 9.17) is 4.74 Å². The van der Waals surface area contributed by atoms with Gasteiger partial charge >= 0.3 is 0 Å². The first-order valence-corrected chi connectivity index (χ1v) is 7.00. The van der Waals surface area contributed by atoms with Crippen LogP contribution in [0.3, 0.4) is 0 Å². The molecule has 3 rings (SSSR count). The molecule has 1 fully saturated rings. The van der Waals surface area contributed by atoms with Gasteiger partial charge in [0.1, 0.15) is 6.33 Å². The maximum atomic E-state index is 12.5. The van der Waals surface area contributed by atoms with Crippen LogP contribution in [-0.2, 0) is 4.74 Å². The molecule has 0 spiro atoms. The number of hydrogen-bond donors (Lipinski definition) is 1. The Bertz CT molecular complexity index is 608. The lowest BCUT2D eigenvalue weighted by molar-refractivity contribution is 0.0712. The number of benzene rings is 1. The Morgan fingerprint density at radius 2 is 2.33 bits per heavy atom. The number of carbonyl (C=O) groups is 1. The second-order valence-corrected chi connectivity index (χ2v) is 5.09. The molecule has 0 aliphatic carbocycles. The minimum atomic E-state index is -0.149. The third kappa shape index (κ3) is 2.92. The minimum absolute atomic E-state index is 0.0260. The molecule has 2 aromatic rings. The van der Waals surface area contributed by atoms with E-state index in [-0.39, 0.29) is 18.1 Å². The Hall–Kier alpha value is -2.28. The summed E-state index contributed by atoms with van der Waals surface area (Å²) in [6.07, 6.45) is 3.59. The Morgan fingerprint density at radius 1 is 1.48 bits per heavy atom. The van der Waals surface area contributed by atoms with E-state index in [9.17, 15) is 4.79 Å². The number of nitrogens with zero attached hydrogens (tertiary/aromatic N) is 4. The zero-order valence-electron chi connectivity index (χ0n) is 11.8. The molecule has 1 N–H and O–H groups in total. The van der Waals surface area contributed by atoms with E-state index in [1.54, 1.807) is 6.07 Å². The minimum Gasteiger partial charge on any atom is -0.376 e. The highest BCUT2D eigenvalue weighted by atomic mass is 16.5. The number of nitrogens with one attached hydrogen (secondary N) is 1. The normalized spacial score (nSPS) is 19.4. The monoisotopic (exact) mass is 287 g/mol. The molecule has 110 valence electrons. The molecule has 7 nitrogen and oxygen atoms in total. The number of rotatable bonds is 4. The van der Waals surface area contributed by atoms with E-state index < -0.39 is 0 Å². The van der Waals surface area contributed by atoms with Crippen LogP contribution in [0.2, 0.25) is 0 Å². The fourth-order valence-corrected chi connectivity index (χ4v) is 2.51. The number of carbonyl (C=O) groups excluding carboxylic acids is 1. The average molecular weight is 287 g/mol. The molecule has 7 heteroatoms. The molecule has 0 bridgehead atoms. The molecule has 21 heavy (non-hydrogen) atoms. The van der Waals surface area contributed by atoms with Gasteiger partial charge < -0.3 is 10.1 Å². The largest absolute Gasteiger partial charge is 0.376 e. The summed E-state index contributed by atoms with van der Waals surface area (Å²) in [5.41, 5.74) is 1.19. The van der Waals surface area contributed by atoms with Crippen LogP contribution in [-0.4, -0.2) is 44.9 Å². The van der Waals surface area contributed by atoms with Crippen molar-refractivity contribution < 1.29 is 9.53 Å². The predicted octanol–water partition coefficient (Wildman–Crippen LogP) is 0.960. The van der Waals surface area contributed by atoms with E-state index in [2.05, 4.69) is 20.8 Å². The Labute approximate surface area is 122 Å². The van der Waals surface area contributed by atoms with Crippen molar-refractivity contribution >= 4 is 5.91 Å². The number of para-hydroxylation sites is 1. The van der Waals surface area contributed by atoms with E-state index >= 15 is 0 Å². The second kappa shape index (κ2) is 6.01. The summed E-state index contributed by atoms with van der Waals surface area (Å²) >= 11 is 0. The zero-order chi connectivity index (χ0) is 14.7. The van der Waals surface area contributed by atoms with Crippen molar-refractivity contribution in [3.8, 4) is 5.69 Å². The molecule has 1 aromatic carbocycles. The van der Waals surface area contributed by atoms with Gasteiger partial charge in [-0.3, -0.25) is 4.79 Å². The van der Waals surface area contributed by atoms with Crippen molar-refractivity contribution in [1.82, 2.24) is 25.5 Å². The molecule has 1 saturated heterocycles. The molecule has 2 atom stereocenters. The fourth-order valence-electron chi connectivity index (χ4n) is 2.51. The molecule has 1 aromatic heterocycles. The second-order valence-electron chi connectivity index (χ2n) is 5.09. The summed E-state index contributed by atoms with van der Waals surface area (Å²) in [5.74, 6) is -0.149. The number of tetrazole rings is 1. The molecule has 1 aliphatic heterocycles. The smallest absolute Gasteiger partial charge is 0.253 e. The zero-order valence-corrected chi connectivity index (χ0v) is 11.8. The van der Waals surface area contributed by atoms with Gasteiger partial charge in [-0.15, -0.1) is 5.10 Å². The van der Waals surface area contributed by atoms with Gasteiger partial charge in [0, 0.05) is 6.61 Å². The van der Waals surface area contributed by atoms with E-state index in [1.807, 2.05) is 25.1 Å². The van der Waals surface area contributed by atoms with Crippen LogP contribution in [0.1, 0.15) is 30.1 Å². The van der Waals surface area contributed by atoms with Gasteiger partial charge in [-0.05, 0) is 42.3 Å². The van der Waals surface area contributed by atoms with Gasteiger partial charge in [-0.2, -0.15) is 4.68 Å². The van der Waals surface area contributed by atoms with Gasteiger partial charge in [0.15, 0.2) is 0 Å². The van der Waals surface area contributed by atoms with Gasteiger partial charge in [0.2, 0.25) is 0 Å². The van der Waals surface area contributed by atoms with Crippen molar-refractivity contribution in [2.45, 2.75) is 31.9 Å². The lowest BCUT2D eigenvalue weighted by atomic mass is 10.1. The maximum Gasteiger partial charge on any atom is 0.253 e. The summed E-state index contributed by atoms with van der Waals surface area (Å²) in [6, 6.07) is 7.20. The summed E-state index contributed by atoms with van der Waals surface area (Å²) in [6.45, 7) is 2.74. The van der Waals surface area contributed by atoms with Gasteiger partial charge in [0.05, 0.1) is 23.4 Å². The summed E-state index contributed by atoms with van der Waals surface area (Å²) in [7, 11) is 0. The van der Waals surface area contributed by atoms with E-state index in [0.717, 1.165) is 19.4 Å². The lowest BCUT2D eigenvalue weighted by Gasteiger charge is -2.20. The van der Waals surface area contributed by atoms with Crippen LogP contribution < -0.4 is 5.32 Å². The molecule has 2 heterocycles. The van der Waals surface area contributed by atoms with Crippen molar-refractivity contribution in [2.75, 3.05) is 6.61 Å².